The van der Waals surface area contributed by atoms with Gasteiger partial charge >= 0.3 is 0 Å². The van der Waals surface area contributed by atoms with Crippen LogP contribution in [0.2, 0.25) is 0 Å². The van der Waals surface area contributed by atoms with Crippen LogP contribution in [0.25, 0.3) is 0 Å². The summed E-state index contributed by atoms with van der Waals surface area (Å²) in [5.41, 5.74) is 1.05. The van der Waals surface area contributed by atoms with E-state index in [1.54, 1.807) is 4.57 Å². The summed E-state index contributed by atoms with van der Waals surface area (Å²) in [6.45, 7) is 4.45. The Hall–Kier alpha value is -1.73. The minimum Gasteiger partial charge on any atom is -0.300 e. The topological polar surface area (TPSA) is 90.9 Å². The number of rotatable bonds is 5. The fourth-order valence-corrected chi connectivity index (χ4v) is 2.80. The van der Waals surface area contributed by atoms with E-state index in [-0.39, 0.29) is 11.1 Å². The van der Waals surface area contributed by atoms with Crippen molar-refractivity contribution < 1.29 is 8.42 Å². The van der Waals surface area contributed by atoms with Crippen LogP contribution in [-0.4, -0.2) is 23.2 Å². The summed E-state index contributed by atoms with van der Waals surface area (Å²) in [6, 6.07) is 9.77. The van der Waals surface area contributed by atoms with Gasteiger partial charge in [-0.2, -0.15) is 0 Å². The first-order valence-electron chi connectivity index (χ1n) is 6.46. The first kappa shape index (κ1) is 14.7. The second-order valence-electron chi connectivity index (χ2n) is 4.67. The number of nitrogens with two attached hydrogens (primary N) is 1. The number of sulfonamides is 1. The molecule has 0 radical (unpaired) electrons. The van der Waals surface area contributed by atoms with Crippen molar-refractivity contribution in [2.24, 2.45) is 5.14 Å². The molecule has 0 spiro atoms. The fraction of sp³-hybridized carbons (Fsp3) is 0.385. The van der Waals surface area contributed by atoms with Crippen molar-refractivity contribution in [2.75, 3.05) is 0 Å². The molecular formula is C13H18N4O2S. The molecule has 0 aliphatic heterocycles. The van der Waals surface area contributed by atoms with Crippen LogP contribution in [0.3, 0.4) is 0 Å². The molecule has 2 rings (SSSR count). The molecule has 0 saturated carbocycles. The first-order valence-corrected chi connectivity index (χ1v) is 8.00. The van der Waals surface area contributed by atoms with Gasteiger partial charge in [0.2, 0.25) is 0 Å². The van der Waals surface area contributed by atoms with Crippen molar-refractivity contribution in [2.45, 2.75) is 37.9 Å². The smallest absolute Gasteiger partial charge is 0.273 e. The van der Waals surface area contributed by atoms with E-state index in [1.807, 2.05) is 44.2 Å². The molecule has 1 heterocycles. The van der Waals surface area contributed by atoms with E-state index in [2.05, 4.69) is 10.2 Å². The maximum atomic E-state index is 11.6. The maximum Gasteiger partial charge on any atom is 0.273 e. The molecule has 2 aromatic rings. The predicted octanol–water partition coefficient (Wildman–Crippen LogP) is 1.49. The molecule has 20 heavy (non-hydrogen) atoms. The molecular weight excluding hydrogens is 276 g/mol. The quantitative estimate of drug-likeness (QED) is 0.904. The van der Waals surface area contributed by atoms with Gasteiger partial charge in [-0.15, -0.1) is 10.2 Å². The summed E-state index contributed by atoms with van der Waals surface area (Å²) in [7, 11) is -3.86. The third-order valence-corrected chi connectivity index (χ3v) is 3.95. The number of hydrogen-bond donors (Lipinski definition) is 1. The molecule has 0 amide bonds. The van der Waals surface area contributed by atoms with Gasteiger partial charge in [0, 0.05) is 12.5 Å². The van der Waals surface area contributed by atoms with Crippen LogP contribution < -0.4 is 5.14 Å². The number of aromatic nitrogens is 3. The second kappa shape index (κ2) is 5.72. The Balaban J connectivity index is 2.50. The molecule has 1 unspecified atom stereocenters. The van der Waals surface area contributed by atoms with Crippen molar-refractivity contribution in [1.29, 1.82) is 0 Å². The third kappa shape index (κ3) is 2.88. The zero-order valence-corrected chi connectivity index (χ0v) is 12.3. The van der Waals surface area contributed by atoms with Crippen molar-refractivity contribution in [3.63, 3.8) is 0 Å². The largest absolute Gasteiger partial charge is 0.300 e. The van der Waals surface area contributed by atoms with Crippen molar-refractivity contribution >= 4 is 10.0 Å². The van der Waals surface area contributed by atoms with Crippen molar-refractivity contribution in [3.8, 4) is 0 Å². The summed E-state index contributed by atoms with van der Waals surface area (Å²) in [6.07, 6.45) is 0.773. The van der Waals surface area contributed by atoms with Crippen LogP contribution in [0, 0.1) is 0 Å². The second-order valence-corrected chi connectivity index (χ2v) is 6.12. The van der Waals surface area contributed by atoms with Gasteiger partial charge in [0.1, 0.15) is 5.82 Å². The van der Waals surface area contributed by atoms with Gasteiger partial charge in [-0.1, -0.05) is 44.2 Å². The molecule has 7 heteroatoms. The van der Waals surface area contributed by atoms with E-state index >= 15 is 0 Å². The maximum absolute atomic E-state index is 11.6. The Bertz CT molecular complexity index is 680. The van der Waals surface area contributed by atoms with Gasteiger partial charge in [-0.25, -0.2) is 13.6 Å². The highest BCUT2D eigenvalue weighted by atomic mass is 32.2. The fourth-order valence-electron chi connectivity index (χ4n) is 2.16. The van der Waals surface area contributed by atoms with Gasteiger partial charge in [-0.3, -0.25) is 0 Å². The summed E-state index contributed by atoms with van der Waals surface area (Å²) in [4.78, 5) is 0. The van der Waals surface area contributed by atoms with E-state index in [9.17, 15) is 8.42 Å². The van der Waals surface area contributed by atoms with Crippen LogP contribution in [0.4, 0.5) is 0 Å². The van der Waals surface area contributed by atoms with E-state index in [4.69, 9.17) is 5.14 Å². The van der Waals surface area contributed by atoms with E-state index in [0.717, 1.165) is 12.0 Å². The van der Waals surface area contributed by atoms with Gasteiger partial charge in [0.05, 0.1) is 0 Å². The van der Waals surface area contributed by atoms with Gasteiger partial charge in [0.25, 0.3) is 15.2 Å². The van der Waals surface area contributed by atoms with Crippen molar-refractivity contribution in [3.05, 3.63) is 41.7 Å². The molecule has 0 saturated heterocycles. The average Bonchev–Trinajstić information content (AvgIpc) is 2.83. The standard InChI is InChI=1S/C13H18N4O2S/c1-3-9-17-12(15-16-13(17)20(14,18)19)10(2)11-7-5-4-6-8-11/h4-8,10H,3,9H2,1-2H3,(H2,14,18,19). The van der Waals surface area contributed by atoms with Gasteiger partial charge < -0.3 is 4.57 Å². The molecule has 6 nitrogen and oxygen atoms in total. The Morgan fingerprint density at radius 2 is 1.90 bits per heavy atom. The molecule has 1 aromatic carbocycles. The first-order chi connectivity index (χ1) is 9.45. The van der Waals surface area contributed by atoms with E-state index in [0.29, 0.717) is 12.4 Å². The highest BCUT2D eigenvalue weighted by molar-refractivity contribution is 7.89. The molecule has 108 valence electrons. The molecule has 2 N–H and O–H groups in total. The molecule has 0 aliphatic rings. The van der Waals surface area contributed by atoms with Crippen LogP contribution >= 0.6 is 0 Å². The third-order valence-electron chi connectivity index (χ3n) is 3.13. The summed E-state index contributed by atoms with van der Waals surface area (Å²) < 4.78 is 24.7. The zero-order chi connectivity index (χ0) is 14.8. The Labute approximate surface area is 118 Å². The number of primary sulfonamides is 1. The lowest BCUT2D eigenvalue weighted by Gasteiger charge is -2.14. The minimum atomic E-state index is -3.86. The summed E-state index contributed by atoms with van der Waals surface area (Å²) in [5.74, 6) is 0.563. The number of nitrogens with zero attached hydrogens (tertiary/aromatic N) is 3. The molecule has 1 atom stereocenters. The monoisotopic (exact) mass is 294 g/mol. The normalized spacial score (nSPS) is 13.3. The Morgan fingerprint density at radius 3 is 2.45 bits per heavy atom. The lowest BCUT2D eigenvalue weighted by Crippen LogP contribution is -2.20. The highest BCUT2D eigenvalue weighted by Crippen LogP contribution is 2.24. The van der Waals surface area contributed by atoms with Crippen molar-refractivity contribution in [1.82, 2.24) is 14.8 Å². The van der Waals surface area contributed by atoms with Crippen LogP contribution in [0.1, 0.15) is 37.6 Å². The zero-order valence-electron chi connectivity index (χ0n) is 11.5. The highest BCUT2D eigenvalue weighted by Gasteiger charge is 2.24. The molecule has 0 bridgehead atoms. The molecule has 1 aromatic heterocycles. The molecule has 0 aliphatic carbocycles. The summed E-state index contributed by atoms with van der Waals surface area (Å²) >= 11 is 0. The van der Waals surface area contributed by atoms with E-state index < -0.39 is 10.0 Å². The minimum absolute atomic E-state index is 0.0502. The Kier molecular flexibility index (Phi) is 4.20. The predicted molar refractivity (Wildman–Crippen MR) is 75.6 cm³/mol. The van der Waals surface area contributed by atoms with Crippen LogP contribution in [0.5, 0.6) is 0 Å². The van der Waals surface area contributed by atoms with Crippen LogP contribution in [-0.2, 0) is 16.6 Å². The average molecular weight is 294 g/mol. The number of benzene rings is 1. The van der Waals surface area contributed by atoms with E-state index in [1.165, 1.54) is 0 Å². The molecule has 0 fully saturated rings. The Morgan fingerprint density at radius 1 is 1.25 bits per heavy atom. The SMILES string of the molecule is CCCn1c(C(C)c2ccccc2)nnc1S(N)(=O)=O. The van der Waals surface area contributed by atoms with Gasteiger partial charge in [-0.05, 0) is 12.0 Å². The lowest BCUT2D eigenvalue weighted by atomic mass is 10.0. The summed E-state index contributed by atoms with van der Waals surface area (Å²) in [5, 5.41) is 12.8. The number of hydrogen-bond acceptors (Lipinski definition) is 4. The van der Waals surface area contributed by atoms with Crippen LogP contribution in [0.15, 0.2) is 35.5 Å². The lowest BCUT2D eigenvalue weighted by molar-refractivity contribution is 0.543. The van der Waals surface area contributed by atoms with Gasteiger partial charge in [0.15, 0.2) is 0 Å².